The van der Waals surface area contributed by atoms with Gasteiger partial charge in [0.1, 0.15) is 0 Å². The number of hydrogen-bond acceptors (Lipinski definition) is 3. The van der Waals surface area contributed by atoms with Gasteiger partial charge in [0.05, 0.1) is 0 Å². The summed E-state index contributed by atoms with van der Waals surface area (Å²) in [5.74, 6) is 3.02. The normalized spacial score (nSPS) is 30.8. The number of ketones is 1. The predicted octanol–water partition coefficient (Wildman–Crippen LogP) is 3.32. The fourth-order valence-corrected chi connectivity index (χ4v) is 4.81. The molecular weight excluding hydrogens is 236 g/mol. The van der Waals surface area contributed by atoms with E-state index < -0.39 is 0 Å². The molecule has 1 aliphatic carbocycles. The number of carbonyl (C=O) groups excluding carboxylic acids is 1. The van der Waals surface area contributed by atoms with E-state index in [0.29, 0.717) is 22.2 Å². The second-order valence-corrected chi connectivity index (χ2v) is 7.18. The van der Waals surface area contributed by atoms with Crippen molar-refractivity contribution >= 4 is 29.3 Å². The van der Waals surface area contributed by atoms with Gasteiger partial charge < -0.3 is 0 Å². The van der Waals surface area contributed by atoms with Crippen molar-refractivity contribution in [2.45, 2.75) is 30.8 Å². The van der Waals surface area contributed by atoms with Crippen LogP contribution in [-0.4, -0.2) is 27.8 Å². The minimum absolute atomic E-state index is 0.339. The molecule has 0 N–H and O–H groups in total. The minimum atomic E-state index is 0.339. The Bertz CT molecular complexity index is 346. The van der Waals surface area contributed by atoms with Crippen LogP contribution in [0.2, 0.25) is 0 Å². The molecule has 3 heteroatoms. The summed E-state index contributed by atoms with van der Waals surface area (Å²) >= 11 is 3.82. The molecule has 0 aromatic heterocycles. The lowest BCUT2D eigenvalue weighted by molar-refractivity contribution is -0.115. The highest BCUT2D eigenvalue weighted by atomic mass is 32.2. The van der Waals surface area contributed by atoms with E-state index in [1.54, 1.807) is 0 Å². The maximum Gasteiger partial charge on any atom is 0.160 e. The number of carbonyl (C=O) groups is 1. The summed E-state index contributed by atoms with van der Waals surface area (Å²) in [4.78, 5) is 12.0. The summed E-state index contributed by atoms with van der Waals surface area (Å²) in [7, 11) is 0. The van der Waals surface area contributed by atoms with E-state index in [-0.39, 0.29) is 0 Å². The van der Waals surface area contributed by atoms with E-state index in [4.69, 9.17) is 0 Å². The maximum atomic E-state index is 12.0. The molecule has 1 nitrogen and oxygen atoms in total. The smallest absolute Gasteiger partial charge is 0.160 e. The van der Waals surface area contributed by atoms with Gasteiger partial charge in [-0.15, -0.1) is 18.3 Å². The zero-order valence-corrected chi connectivity index (χ0v) is 11.5. The first kappa shape index (κ1) is 12.3. The summed E-state index contributed by atoms with van der Waals surface area (Å²) in [6.45, 7) is 8.13. The Kier molecular flexibility index (Phi) is 3.85. The fourth-order valence-electron chi connectivity index (χ4n) is 2.63. The van der Waals surface area contributed by atoms with Crippen molar-refractivity contribution < 1.29 is 4.79 Å². The third-order valence-electron chi connectivity index (χ3n) is 3.34. The van der Waals surface area contributed by atoms with E-state index in [1.165, 1.54) is 5.57 Å². The Morgan fingerprint density at radius 3 is 3.12 bits per heavy atom. The first-order chi connectivity index (χ1) is 7.65. The van der Waals surface area contributed by atoms with Crippen LogP contribution in [0.3, 0.4) is 0 Å². The van der Waals surface area contributed by atoms with E-state index >= 15 is 0 Å². The second kappa shape index (κ2) is 5.01. The number of Topliss-reactive ketones (excluding diaryl/α,β-unsaturated/α-hetero) is 1. The summed E-state index contributed by atoms with van der Waals surface area (Å²) in [6, 6.07) is 0. The summed E-state index contributed by atoms with van der Waals surface area (Å²) < 4.78 is 0. The quantitative estimate of drug-likeness (QED) is 0.716. The van der Waals surface area contributed by atoms with E-state index in [9.17, 15) is 4.79 Å². The Hall–Kier alpha value is -0.150. The molecule has 1 saturated heterocycles. The SMILES string of the molecule is C=CCSC(C)C1=C2C(CSC2C)CC1=O. The van der Waals surface area contributed by atoms with E-state index in [0.717, 1.165) is 23.5 Å². The lowest BCUT2D eigenvalue weighted by Gasteiger charge is -2.14. The lowest BCUT2D eigenvalue weighted by Crippen LogP contribution is -2.12. The van der Waals surface area contributed by atoms with Crippen molar-refractivity contribution in [3.05, 3.63) is 23.8 Å². The van der Waals surface area contributed by atoms with Gasteiger partial charge in [0.2, 0.25) is 0 Å². The molecule has 0 saturated carbocycles. The molecule has 0 aromatic rings. The molecule has 1 fully saturated rings. The van der Waals surface area contributed by atoms with Crippen LogP contribution in [0, 0.1) is 5.92 Å². The zero-order chi connectivity index (χ0) is 11.7. The molecule has 0 spiro atoms. The molecule has 2 aliphatic rings. The molecule has 1 aliphatic heterocycles. The number of fused-ring (bicyclic) bond motifs is 1. The highest BCUT2D eigenvalue weighted by Gasteiger charge is 2.40. The van der Waals surface area contributed by atoms with Crippen molar-refractivity contribution in [2.24, 2.45) is 5.92 Å². The van der Waals surface area contributed by atoms with Gasteiger partial charge in [-0.1, -0.05) is 6.08 Å². The highest BCUT2D eigenvalue weighted by molar-refractivity contribution is 8.00. The van der Waals surface area contributed by atoms with Crippen molar-refractivity contribution in [1.82, 2.24) is 0 Å². The maximum absolute atomic E-state index is 12.0. The molecule has 3 unspecified atom stereocenters. The summed E-state index contributed by atoms with van der Waals surface area (Å²) in [5.41, 5.74) is 2.59. The van der Waals surface area contributed by atoms with Gasteiger partial charge in [0.15, 0.2) is 5.78 Å². The monoisotopic (exact) mass is 254 g/mol. The van der Waals surface area contributed by atoms with Gasteiger partial charge in [-0.3, -0.25) is 4.79 Å². The van der Waals surface area contributed by atoms with Crippen molar-refractivity contribution in [2.75, 3.05) is 11.5 Å². The number of rotatable bonds is 4. The average molecular weight is 254 g/mol. The molecule has 0 aromatic carbocycles. The molecule has 3 atom stereocenters. The molecule has 0 amide bonds. The Morgan fingerprint density at radius 1 is 1.69 bits per heavy atom. The van der Waals surface area contributed by atoms with Crippen LogP contribution in [0.5, 0.6) is 0 Å². The van der Waals surface area contributed by atoms with Crippen LogP contribution in [0.4, 0.5) is 0 Å². The molecule has 16 heavy (non-hydrogen) atoms. The minimum Gasteiger partial charge on any atom is -0.294 e. The summed E-state index contributed by atoms with van der Waals surface area (Å²) in [6.07, 6.45) is 2.68. The molecule has 88 valence electrons. The average Bonchev–Trinajstić information content (AvgIpc) is 2.75. The Morgan fingerprint density at radius 2 is 2.44 bits per heavy atom. The molecule has 0 bridgehead atoms. The first-order valence-corrected chi connectivity index (χ1v) is 7.86. The third-order valence-corrected chi connectivity index (χ3v) is 5.85. The zero-order valence-electron chi connectivity index (χ0n) is 9.86. The van der Waals surface area contributed by atoms with Gasteiger partial charge in [-0.05, 0) is 25.3 Å². The van der Waals surface area contributed by atoms with Gasteiger partial charge in [-0.2, -0.15) is 11.8 Å². The van der Waals surface area contributed by atoms with Gasteiger partial charge in [-0.25, -0.2) is 0 Å². The molecule has 1 heterocycles. The standard InChI is InChI=1S/C13H18OS2/c1-4-5-15-9(3)13-11(14)6-10-7-16-8(2)12(10)13/h4,8-10H,1,5-7H2,2-3H3. The first-order valence-electron chi connectivity index (χ1n) is 5.76. The molecule has 0 radical (unpaired) electrons. The highest BCUT2D eigenvalue weighted by Crippen LogP contribution is 2.47. The van der Waals surface area contributed by atoms with Gasteiger partial charge in [0, 0.05) is 34.0 Å². The Labute approximate surface area is 106 Å². The Balaban J connectivity index is 2.22. The van der Waals surface area contributed by atoms with Gasteiger partial charge >= 0.3 is 0 Å². The molecule has 2 rings (SSSR count). The van der Waals surface area contributed by atoms with Crippen LogP contribution >= 0.6 is 23.5 Å². The lowest BCUT2D eigenvalue weighted by atomic mass is 10.00. The van der Waals surface area contributed by atoms with Crippen molar-refractivity contribution in [1.29, 1.82) is 0 Å². The van der Waals surface area contributed by atoms with E-state index in [1.807, 2.05) is 29.6 Å². The molecular formula is C13H18OS2. The van der Waals surface area contributed by atoms with Crippen LogP contribution < -0.4 is 0 Å². The largest absolute Gasteiger partial charge is 0.294 e. The van der Waals surface area contributed by atoms with Gasteiger partial charge in [0.25, 0.3) is 0 Å². The van der Waals surface area contributed by atoms with Crippen molar-refractivity contribution in [3.8, 4) is 0 Å². The summed E-state index contributed by atoms with van der Waals surface area (Å²) in [5, 5.41) is 0.893. The van der Waals surface area contributed by atoms with Crippen LogP contribution in [0.1, 0.15) is 20.3 Å². The number of thioether (sulfide) groups is 2. The number of hydrogen-bond donors (Lipinski definition) is 0. The van der Waals surface area contributed by atoms with Crippen LogP contribution in [0.25, 0.3) is 0 Å². The van der Waals surface area contributed by atoms with Crippen LogP contribution in [0.15, 0.2) is 23.8 Å². The predicted molar refractivity (Wildman–Crippen MR) is 74.2 cm³/mol. The topological polar surface area (TPSA) is 17.1 Å². The van der Waals surface area contributed by atoms with E-state index in [2.05, 4.69) is 20.4 Å². The third kappa shape index (κ3) is 2.12. The van der Waals surface area contributed by atoms with Crippen LogP contribution in [-0.2, 0) is 4.79 Å². The van der Waals surface area contributed by atoms with Crippen molar-refractivity contribution in [3.63, 3.8) is 0 Å². The fraction of sp³-hybridized carbons (Fsp3) is 0.615. The second-order valence-electron chi connectivity index (χ2n) is 4.43.